The molecule has 6 heteroatoms. The summed E-state index contributed by atoms with van der Waals surface area (Å²) < 4.78 is 4.98. The summed E-state index contributed by atoms with van der Waals surface area (Å²) in [7, 11) is 3.45. The highest BCUT2D eigenvalue weighted by Gasteiger charge is 2.20. The first kappa shape index (κ1) is 15.7. The van der Waals surface area contributed by atoms with Crippen molar-refractivity contribution in [2.45, 2.75) is 32.3 Å². The van der Waals surface area contributed by atoms with Crippen molar-refractivity contribution in [2.24, 2.45) is 0 Å². The minimum absolute atomic E-state index is 0.416. The molecule has 0 aromatic carbocycles. The Balaban J connectivity index is 2.66. The Kier molecular flexibility index (Phi) is 5.98. The van der Waals surface area contributed by atoms with Crippen LogP contribution in [0.15, 0.2) is 6.07 Å². The molecule has 0 fully saturated rings. The number of ether oxygens (including phenoxy) is 1. The van der Waals surface area contributed by atoms with Crippen molar-refractivity contribution in [3.8, 4) is 0 Å². The van der Waals surface area contributed by atoms with Crippen molar-refractivity contribution in [3.63, 3.8) is 0 Å². The normalized spacial score (nSPS) is 13.9. The molecule has 0 spiro atoms. The van der Waals surface area contributed by atoms with Crippen molar-refractivity contribution >= 4 is 11.6 Å². The van der Waals surface area contributed by atoms with Gasteiger partial charge in [0, 0.05) is 46.2 Å². The van der Waals surface area contributed by atoms with Crippen LogP contribution in [-0.4, -0.2) is 48.0 Å². The van der Waals surface area contributed by atoms with Crippen molar-refractivity contribution < 1.29 is 9.84 Å². The van der Waals surface area contributed by atoms with Crippen LogP contribution in [0, 0.1) is 0 Å². The van der Waals surface area contributed by atoms with Gasteiger partial charge >= 0.3 is 0 Å². The van der Waals surface area contributed by atoms with E-state index in [0.29, 0.717) is 25.4 Å². The van der Waals surface area contributed by atoms with Crippen molar-refractivity contribution in [1.29, 1.82) is 0 Å². The summed E-state index contributed by atoms with van der Waals surface area (Å²) in [5, 5.41) is 16.3. The third-order valence-corrected chi connectivity index (χ3v) is 2.84. The van der Waals surface area contributed by atoms with Gasteiger partial charge in [-0.15, -0.1) is 0 Å². The fourth-order valence-corrected chi connectivity index (χ4v) is 1.57. The first-order chi connectivity index (χ1) is 9.00. The van der Waals surface area contributed by atoms with Crippen LogP contribution < -0.4 is 10.6 Å². The molecule has 0 radical (unpaired) electrons. The SMILES string of the molecule is CCc1nc(NC)cc(NCC(C)(O)CCOC)n1. The van der Waals surface area contributed by atoms with Gasteiger partial charge in [0.05, 0.1) is 5.60 Å². The van der Waals surface area contributed by atoms with Gasteiger partial charge in [-0.25, -0.2) is 9.97 Å². The Morgan fingerprint density at radius 2 is 2.05 bits per heavy atom. The lowest BCUT2D eigenvalue weighted by Crippen LogP contribution is -2.35. The van der Waals surface area contributed by atoms with Gasteiger partial charge in [-0.3, -0.25) is 0 Å². The standard InChI is InChI=1S/C13H24N4O2/c1-5-10-16-11(14-3)8-12(17-10)15-9-13(2,18)6-7-19-4/h8,18H,5-7,9H2,1-4H3,(H2,14,15,16,17). The second-order valence-electron chi connectivity index (χ2n) is 4.75. The Bertz CT molecular complexity index is 374. The van der Waals surface area contributed by atoms with Crippen LogP contribution >= 0.6 is 0 Å². The molecule has 0 amide bonds. The largest absolute Gasteiger partial charge is 0.388 e. The fourth-order valence-electron chi connectivity index (χ4n) is 1.57. The van der Waals surface area contributed by atoms with Crippen LogP contribution in [-0.2, 0) is 11.2 Å². The van der Waals surface area contributed by atoms with Gasteiger partial charge in [-0.1, -0.05) is 6.92 Å². The minimum Gasteiger partial charge on any atom is -0.388 e. The molecule has 19 heavy (non-hydrogen) atoms. The summed E-state index contributed by atoms with van der Waals surface area (Å²) in [5.41, 5.74) is -0.826. The predicted molar refractivity (Wildman–Crippen MR) is 76.6 cm³/mol. The molecule has 0 aliphatic rings. The summed E-state index contributed by atoms with van der Waals surface area (Å²) in [5.74, 6) is 2.26. The van der Waals surface area contributed by atoms with Gasteiger partial charge in [-0.2, -0.15) is 0 Å². The van der Waals surface area contributed by atoms with Crippen LogP contribution in [0.25, 0.3) is 0 Å². The Morgan fingerprint density at radius 3 is 2.63 bits per heavy atom. The molecule has 0 aliphatic heterocycles. The summed E-state index contributed by atoms with van der Waals surface area (Å²) in [4.78, 5) is 8.70. The number of anilines is 2. The molecule has 1 unspecified atom stereocenters. The average molecular weight is 268 g/mol. The number of aryl methyl sites for hydroxylation is 1. The molecule has 1 aromatic rings. The molecule has 1 heterocycles. The van der Waals surface area contributed by atoms with Crippen LogP contribution in [0.5, 0.6) is 0 Å². The molecule has 1 aromatic heterocycles. The van der Waals surface area contributed by atoms with Gasteiger partial charge in [0.25, 0.3) is 0 Å². The first-order valence-corrected chi connectivity index (χ1v) is 6.51. The fraction of sp³-hybridized carbons (Fsp3) is 0.692. The minimum atomic E-state index is -0.826. The number of hydrogen-bond acceptors (Lipinski definition) is 6. The van der Waals surface area contributed by atoms with E-state index in [1.54, 1.807) is 14.0 Å². The Morgan fingerprint density at radius 1 is 1.37 bits per heavy atom. The van der Waals surface area contributed by atoms with E-state index in [-0.39, 0.29) is 0 Å². The van der Waals surface area contributed by atoms with Crippen LogP contribution in [0.2, 0.25) is 0 Å². The highest BCUT2D eigenvalue weighted by atomic mass is 16.5. The molecular weight excluding hydrogens is 244 g/mol. The van der Waals surface area contributed by atoms with E-state index in [0.717, 1.165) is 18.1 Å². The highest BCUT2D eigenvalue weighted by Crippen LogP contribution is 2.14. The quantitative estimate of drug-likeness (QED) is 0.659. The molecule has 0 bridgehead atoms. The number of aliphatic hydroxyl groups is 1. The maximum atomic E-state index is 10.2. The zero-order valence-corrected chi connectivity index (χ0v) is 12.2. The van der Waals surface area contributed by atoms with Gasteiger partial charge in [0.2, 0.25) is 0 Å². The molecule has 108 valence electrons. The highest BCUT2D eigenvalue weighted by molar-refractivity contribution is 5.47. The molecule has 3 N–H and O–H groups in total. The number of rotatable bonds is 8. The second kappa shape index (κ2) is 7.25. The van der Waals surface area contributed by atoms with Crippen LogP contribution in [0.3, 0.4) is 0 Å². The Hall–Kier alpha value is -1.40. The summed E-state index contributed by atoms with van der Waals surface area (Å²) >= 11 is 0. The number of hydrogen-bond donors (Lipinski definition) is 3. The lowest BCUT2D eigenvalue weighted by molar-refractivity contribution is 0.0357. The lowest BCUT2D eigenvalue weighted by atomic mass is 10.0. The van der Waals surface area contributed by atoms with E-state index < -0.39 is 5.60 Å². The molecule has 0 saturated carbocycles. The Labute approximate surface area is 114 Å². The lowest BCUT2D eigenvalue weighted by Gasteiger charge is -2.23. The molecular formula is C13H24N4O2. The van der Waals surface area contributed by atoms with Crippen LogP contribution in [0.4, 0.5) is 11.6 Å². The van der Waals surface area contributed by atoms with E-state index in [2.05, 4.69) is 20.6 Å². The third kappa shape index (κ3) is 5.40. The monoisotopic (exact) mass is 268 g/mol. The smallest absolute Gasteiger partial charge is 0.132 e. The van der Waals surface area contributed by atoms with Gasteiger partial charge < -0.3 is 20.5 Å². The number of nitrogens with one attached hydrogen (secondary N) is 2. The van der Waals surface area contributed by atoms with Gasteiger partial charge in [0.1, 0.15) is 17.5 Å². The molecule has 0 aliphatic carbocycles. The zero-order valence-electron chi connectivity index (χ0n) is 12.2. The first-order valence-electron chi connectivity index (χ1n) is 6.51. The number of methoxy groups -OCH3 is 1. The molecule has 1 atom stereocenters. The summed E-state index contributed by atoms with van der Waals surface area (Å²) in [6, 6.07) is 1.82. The molecule has 0 saturated heterocycles. The van der Waals surface area contributed by atoms with Gasteiger partial charge in [0.15, 0.2) is 0 Å². The van der Waals surface area contributed by atoms with E-state index in [9.17, 15) is 5.11 Å². The molecule has 6 nitrogen and oxygen atoms in total. The summed E-state index contributed by atoms with van der Waals surface area (Å²) in [6.07, 6.45) is 1.34. The number of nitrogens with zero attached hydrogens (tertiary/aromatic N) is 2. The van der Waals surface area contributed by atoms with Gasteiger partial charge in [-0.05, 0) is 6.92 Å². The van der Waals surface area contributed by atoms with Crippen molar-refractivity contribution in [1.82, 2.24) is 9.97 Å². The topological polar surface area (TPSA) is 79.3 Å². The van der Waals surface area contributed by atoms with Crippen LogP contribution in [0.1, 0.15) is 26.1 Å². The van der Waals surface area contributed by atoms with Crippen molar-refractivity contribution in [3.05, 3.63) is 11.9 Å². The molecule has 1 rings (SSSR count). The second-order valence-corrected chi connectivity index (χ2v) is 4.75. The average Bonchev–Trinajstić information content (AvgIpc) is 2.42. The zero-order chi connectivity index (χ0) is 14.3. The maximum absolute atomic E-state index is 10.2. The third-order valence-electron chi connectivity index (χ3n) is 2.84. The predicted octanol–water partition coefficient (Wildman–Crippen LogP) is 1.28. The number of aromatic nitrogens is 2. The maximum Gasteiger partial charge on any atom is 0.132 e. The van der Waals surface area contributed by atoms with E-state index in [4.69, 9.17) is 4.74 Å². The summed E-state index contributed by atoms with van der Waals surface area (Å²) in [6.45, 7) is 4.73. The van der Waals surface area contributed by atoms with E-state index >= 15 is 0 Å². The van der Waals surface area contributed by atoms with E-state index in [1.165, 1.54) is 0 Å². The van der Waals surface area contributed by atoms with Crippen molar-refractivity contribution in [2.75, 3.05) is 37.9 Å². The van der Waals surface area contributed by atoms with E-state index in [1.807, 2.05) is 20.0 Å².